The van der Waals surface area contributed by atoms with Gasteiger partial charge < -0.3 is 13.7 Å². The molecule has 0 aromatic carbocycles. The lowest BCUT2D eigenvalue weighted by molar-refractivity contribution is 0.372. The van der Waals surface area contributed by atoms with E-state index in [9.17, 15) is 0 Å². The van der Waals surface area contributed by atoms with Crippen LogP contribution in [0.2, 0.25) is 6.04 Å². The molecule has 0 N–H and O–H groups in total. The van der Waals surface area contributed by atoms with Gasteiger partial charge in [-0.1, -0.05) is 32.6 Å². The van der Waals surface area contributed by atoms with E-state index < -0.39 is 8.56 Å². The van der Waals surface area contributed by atoms with E-state index in [1.54, 1.807) is 0 Å². The first-order chi connectivity index (χ1) is 7.39. The predicted octanol–water partition coefficient (Wildman–Crippen LogP) is 2.19. The quantitative estimate of drug-likeness (QED) is 0.479. The van der Waals surface area contributed by atoms with Crippen LogP contribution in [0.4, 0.5) is 0 Å². The van der Waals surface area contributed by atoms with Gasteiger partial charge in [-0.3, -0.25) is 0 Å². The largest absolute Gasteiger partial charge is 0.305 e. The van der Waals surface area contributed by atoms with E-state index in [1.165, 1.54) is 31.7 Å². The first-order valence-electron chi connectivity index (χ1n) is 6.41. The SMILES string of the molecule is CCCCCC[Si](N(C)C)(N(C)C)N(C)C. The lowest BCUT2D eigenvalue weighted by atomic mass is 10.2. The molecule has 0 aliphatic heterocycles. The predicted molar refractivity (Wildman–Crippen MR) is 75.8 cm³/mol. The molecule has 0 heterocycles. The fraction of sp³-hybridized carbons (Fsp3) is 1.00. The van der Waals surface area contributed by atoms with Gasteiger partial charge in [-0.05, 0) is 48.3 Å². The maximum Gasteiger partial charge on any atom is 0.288 e. The molecule has 0 amide bonds. The van der Waals surface area contributed by atoms with Crippen molar-refractivity contribution in [2.24, 2.45) is 0 Å². The second-order valence-electron chi connectivity index (χ2n) is 5.27. The van der Waals surface area contributed by atoms with Crippen molar-refractivity contribution < 1.29 is 0 Å². The summed E-state index contributed by atoms with van der Waals surface area (Å²) < 4.78 is 7.37. The normalized spacial score (nSPS) is 13.1. The third kappa shape index (κ3) is 3.84. The molecule has 0 aromatic rings. The van der Waals surface area contributed by atoms with E-state index in [4.69, 9.17) is 0 Å². The average molecular weight is 245 g/mol. The molecule has 0 rings (SSSR count). The van der Waals surface area contributed by atoms with Gasteiger partial charge in [0.15, 0.2) is 0 Å². The highest BCUT2D eigenvalue weighted by atomic mass is 28.4. The number of hydrogen-bond donors (Lipinski definition) is 0. The Balaban J connectivity index is 4.52. The van der Waals surface area contributed by atoms with Crippen LogP contribution in [0.25, 0.3) is 0 Å². The maximum absolute atomic E-state index is 2.46. The number of unbranched alkanes of at least 4 members (excludes halogenated alkanes) is 3. The molecule has 3 nitrogen and oxygen atoms in total. The van der Waals surface area contributed by atoms with Gasteiger partial charge in [0.2, 0.25) is 0 Å². The van der Waals surface area contributed by atoms with Crippen LogP contribution in [-0.4, -0.2) is 64.5 Å². The summed E-state index contributed by atoms with van der Waals surface area (Å²) in [6.45, 7) is 2.27. The molecule has 0 saturated carbocycles. The highest BCUT2D eigenvalue weighted by molar-refractivity contribution is 6.71. The van der Waals surface area contributed by atoms with Gasteiger partial charge in [0, 0.05) is 0 Å². The Morgan fingerprint density at radius 3 is 1.44 bits per heavy atom. The van der Waals surface area contributed by atoms with Gasteiger partial charge in [0.25, 0.3) is 8.56 Å². The zero-order valence-electron chi connectivity index (χ0n) is 12.4. The lowest BCUT2D eigenvalue weighted by Crippen LogP contribution is -2.69. The molecular weight excluding hydrogens is 214 g/mol. The molecule has 0 bridgehead atoms. The van der Waals surface area contributed by atoms with Crippen LogP contribution < -0.4 is 0 Å². The van der Waals surface area contributed by atoms with Gasteiger partial charge in [-0.15, -0.1) is 0 Å². The van der Waals surface area contributed by atoms with E-state index in [0.717, 1.165) is 0 Å². The van der Waals surface area contributed by atoms with E-state index in [1.807, 2.05) is 0 Å². The third-order valence-electron chi connectivity index (χ3n) is 3.51. The first kappa shape index (κ1) is 16.1. The maximum atomic E-state index is 2.46. The van der Waals surface area contributed by atoms with E-state index in [-0.39, 0.29) is 0 Å². The van der Waals surface area contributed by atoms with Crippen molar-refractivity contribution in [3.63, 3.8) is 0 Å². The molecule has 0 aromatic heterocycles. The smallest absolute Gasteiger partial charge is 0.288 e. The zero-order chi connectivity index (χ0) is 12.8. The van der Waals surface area contributed by atoms with Crippen molar-refractivity contribution in [3.8, 4) is 0 Å². The Bertz CT molecular complexity index is 159. The van der Waals surface area contributed by atoms with Crippen LogP contribution in [0.1, 0.15) is 32.6 Å². The molecule has 4 heteroatoms. The highest BCUT2D eigenvalue weighted by Gasteiger charge is 2.41. The molecule has 0 spiro atoms. The van der Waals surface area contributed by atoms with E-state index in [2.05, 4.69) is 62.9 Å². The van der Waals surface area contributed by atoms with Crippen molar-refractivity contribution in [3.05, 3.63) is 0 Å². The molecule has 0 unspecified atom stereocenters. The summed E-state index contributed by atoms with van der Waals surface area (Å²) in [6, 6.07) is 1.33. The standard InChI is InChI=1S/C12H31N3Si/c1-8-9-10-11-12-16(13(2)3,14(4)5)15(6)7/h8-12H2,1-7H3. The minimum absolute atomic E-state index is 1.32. The van der Waals surface area contributed by atoms with Crippen LogP contribution in [-0.2, 0) is 0 Å². The second kappa shape index (κ2) is 7.43. The molecule has 16 heavy (non-hydrogen) atoms. The van der Waals surface area contributed by atoms with Gasteiger partial charge in [-0.2, -0.15) is 0 Å². The van der Waals surface area contributed by atoms with Crippen molar-refractivity contribution in [1.29, 1.82) is 0 Å². The summed E-state index contributed by atoms with van der Waals surface area (Å²) >= 11 is 0. The molecule has 0 fully saturated rings. The van der Waals surface area contributed by atoms with Gasteiger partial charge in [0.1, 0.15) is 0 Å². The molecular formula is C12H31N3Si. The Kier molecular flexibility index (Phi) is 7.47. The molecule has 98 valence electrons. The number of nitrogens with zero attached hydrogens (tertiary/aromatic N) is 3. The van der Waals surface area contributed by atoms with E-state index >= 15 is 0 Å². The lowest BCUT2D eigenvalue weighted by Gasteiger charge is -2.46. The second-order valence-corrected chi connectivity index (χ2v) is 10.0. The highest BCUT2D eigenvalue weighted by Crippen LogP contribution is 2.21. The first-order valence-corrected chi connectivity index (χ1v) is 8.46. The average Bonchev–Trinajstić information content (AvgIpc) is 2.16. The summed E-state index contributed by atoms with van der Waals surface area (Å²) in [5, 5.41) is 0. The molecule has 0 aliphatic carbocycles. The van der Waals surface area contributed by atoms with Crippen molar-refractivity contribution in [2.45, 2.75) is 38.7 Å². The topological polar surface area (TPSA) is 9.72 Å². The summed E-state index contributed by atoms with van der Waals surface area (Å²) in [6.07, 6.45) is 5.43. The van der Waals surface area contributed by atoms with E-state index in [0.29, 0.717) is 0 Å². The fourth-order valence-electron chi connectivity index (χ4n) is 2.66. The molecule has 0 atom stereocenters. The summed E-state index contributed by atoms with van der Waals surface area (Å²) in [7, 11) is 11.8. The minimum atomic E-state index is -1.58. The molecule has 0 aliphatic rings. The van der Waals surface area contributed by atoms with Crippen LogP contribution in [0.5, 0.6) is 0 Å². The summed E-state index contributed by atoms with van der Waals surface area (Å²) in [4.78, 5) is 0. The number of rotatable bonds is 8. The molecule has 0 radical (unpaired) electrons. The van der Waals surface area contributed by atoms with Crippen molar-refractivity contribution in [2.75, 3.05) is 42.3 Å². The summed E-state index contributed by atoms with van der Waals surface area (Å²) in [5.41, 5.74) is 0. The van der Waals surface area contributed by atoms with Crippen LogP contribution in [0.3, 0.4) is 0 Å². The van der Waals surface area contributed by atoms with Crippen molar-refractivity contribution in [1.82, 2.24) is 13.7 Å². The Morgan fingerprint density at radius 2 is 1.12 bits per heavy atom. The van der Waals surface area contributed by atoms with Gasteiger partial charge >= 0.3 is 0 Å². The zero-order valence-corrected chi connectivity index (χ0v) is 13.4. The van der Waals surface area contributed by atoms with Gasteiger partial charge in [0.05, 0.1) is 0 Å². The summed E-state index contributed by atoms with van der Waals surface area (Å²) in [5.74, 6) is 0. The Hall–Kier alpha value is 0.0969. The van der Waals surface area contributed by atoms with Crippen molar-refractivity contribution >= 4 is 8.56 Å². The molecule has 0 saturated heterocycles. The Labute approximate surface area is 104 Å². The van der Waals surface area contributed by atoms with Crippen LogP contribution in [0.15, 0.2) is 0 Å². The third-order valence-corrected chi connectivity index (χ3v) is 8.84. The monoisotopic (exact) mass is 245 g/mol. The number of hydrogen-bond acceptors (Lipinski definition) is 3. The Morgan fingerprint density at radius 1 is 0.688 bits per heavy atom. The fourth-order valence-corrected chi connectivity index (χ4v) is 7.13. The van der Waals surface area contributed by atoms with Gasteiger partial charge in [-0.25, -0.2) is 0 Å². The minimum Gasteiger partial charge on any atom is -0.305 e. The van der Waals surface area contributed by atoms with Crippen LogP contribution in [0, 0.1) is 0 Å². The van der Waals surface area contributed by atoms with Crippen LogP contribution >= 0.6 is 0 Å².